The van der Waals surface area contributed by atoms with E-state index in [0.717, 1.165) is 16.5 Å². The molecule has 1 heteroatoms. The molecule has 0 aliphatic heterocycles. The summed E-state index contributed by atoms with van der Waals surface area (Å²) in [6, 6.07) is 12.5. The van der Waals surface area contributed by atoms with E-state index in [1.54, 1.807) is 0 Å². The van der Waals surface area contributed by atoms with Gasteiger partial charge < -0.3 is 0 Å². The third kappa shape index (κ3) is 2.09. The second kappa shape index (κ2) is 5.09. The maximum atomic E-state index is 12.3. The van der Waals surface area contributed by atoms with Crippen molar-refractivity contribution in [3.63, 3.8) is 0 Å². The van der Waals surface area contributed by atoms with Crippen molar-refractivity contribution >= 4 is 16.6 Å². The van der Waals surface area contributed by atoms with Gasteiger partial charge in [0.2, 0.25) is 0 Å². The summed E-state index contributed by atoms with van der Waals surface area (Å²) in [5.74, 6) is 0.462. The van der Waals surface area contributed by atoms with Gasteiger partial charge in [0.1, 0.15) is 0 Å². The Morgan fingerprint density at radius 3 is 2.45 bits per heavy atom. The van der Waals surface area contributed by atoms with Crippen LogP contribution in [0.1, 0.15) is 42.1 Å². The molecule has 0 saturated carbocycles. The topological polar surface area (TPSA) is 17.1 Å². The van der Waals surface area contributed by atoms with Crippen LogP contribution >= 0.6 is 0 Å². The average Bonchev–Trinajstić information content (AvgIpc) is 2.91. The summed E-state index contributed by atoms with van der Waals surface area (Å²) in [5.41, 5.74) is 3.30. The fourth-order valence-electron chi connectivity index (χ4n) is 2.87. The van der Waals surface area contributed by atoms with Gasteiger partial charge >= 0.3 is 0 Å². The highest BCUT2D eigenvalue weighted by atomic mass is 16.1. The fraction of sp³-hybridized carbons (Fsp3) is 0.211. The van der Waals surface area contributed by atoms with E-state index < -0.39 is 0 Å². The van der Waals surface area contributed by atoms with Gasteiger partial charge in [0.05, 0.1) is 0 Å². The summed E-state index contributed by atoms with van der Waals surface area (Å²) in [6.45, 7) is 4.05. The van der Waals surface area contributed by atoms with Crippen LogP contribution in [0, 0.1) is 0 Å². The minimum atomic E-state index is 0.221. The Labute approximate surface area is 119 Å². The van der Waals surface area contributed by atoms with Crippen LogP contribution in [-0.2, 0) is 0 Å². The summed E-state index contributed by atoms with van der Waals surface area (Å²) in [7, 11) is 0. The molecule has 0 N–H and O–H groups in total. The molecule has 0 spiro atoms. The van der Waals surface area contributed by atoms with Gasteiger partial charge in [-0.3, -0.25) is 4.79 Å². The Hall–Kier alpha value is -2.15. The van der Waals surface area contributed by atoms with E-state index >= 15 is 0 Å². The minimum absolute atomic E-state index is 0.221. The lowest BCUT2D eigenvalue weighted by Gasteiger charge is -2.16. The molecule has 0 amide bonds. The van der Waals surface area contributed by atoms with Crippen molar-refractivity contribution in [3.8, 4) is 0 Å². The second-order valence-corrected chi connectivity index (χ2v) is 5.34. The number of ketones is 1. The first-order chi connectivity index (χ1) is 9.70. The van der Waals surface area contributed by atoms with Gasteiger partial charge in [0.25, 0.3) is 0 Å². The SMILES string of the molecule is CCC(=O)c1cc2ccccc2cc1C1C=CC=C1C. The summed E-state index contributed by atoms with van der Waals surface area (Å²) < 4.78 is 0. The summed E-state index contributed by atoms with van der Waals surface area (Å²) in [4.78, 5) is 12.3. The Balaban J connectivity index is 2.24. The molecule has 1 aliphatic rings. The predicted octanol–water partition coefficient (Wildman–Crippen LogP) is 5.03. The number of carbonyl (C=O) groups is 1. The van der Waals surface area contributed by atoms with Gasteiger partial charge in [-0.1, -0.05) is 55.0 Å². The number of fused-ring (bicyclic) bond motifs is 1. The number of carbonyl (C=O) groups excluding carboxylic acids is 1. The molecule has 2 aromatic rings. The molecule has 0 fully saturated rings. The van der Waals surface area contributed by atoms with Crippen molar-refractivity contribution in [1.82, 2.24) is 0 Å². The number of hydrogen-bond donors (Lipinski definition) is 0. The predicted molar refractivity (Wildman–Crippen MR) is 84.2 cm³/mol. The van der Waals surface area contributed by atoms with Crippen LogP contribution in [0.25, 0.3) is 10.8 Å². The zero-order chi connectivity index (χ0) is 14.1. The lowest BCUT2D eigenvalue weighted by atomic mass is 9.86. The van der Waals surface area contributed by atoms with Crippen molar-refractivity contribution in [1.29, 1.82) is 0 Å². The van der Waals surface area contributed by atoms with Crippen LogP contribution in [0.15, 0.2) is 60.2 Å². The number of hydrogen-bond acceptors (Lipinski definition) is 1. The van der Waals surface area contributed by atoms with Crippen LogP contribution < -0.4 is 0 Å². The monoisotopic (exact) mass is 262 g/mol. The summed E-state index contributed by atoms with van der Waals surface area (Å²) in [6.07, 6.45) is 6.92. The largest absolute Gasteiger partial charge is 0.294 e. The van der Waals surface area contributed by atoms with Gasteiger partial charge in [-0.25, -0.2) is 0 Å². The van der Waals surface area contributed by atoms with Crippen molar-refractivity contribution in [2.45, 2.75) is 26.2 Å². The first-order valence-electron chi connectivity index (χ1n) is 7.11. The first kappa shape index (κ1) is 12.9. The number of rotatable bonds is 3. The lowest BCUT2D eigenvalue weighted by Crippen LogP contribution is -2.06. The Bertz CT molecular complexity index is 735. The smallest absolute Gasteiger partial charge is 0.162 e. The zero-order valence-electron chi connectivity index (χ0n) is 11.9. The van der Waals surface area contributed by atoms with E-state index in [2.05, 4.69) is 49.4 Å². The maximum Gasteiger partial charge on any atom is 0.162 e. The highest BCUT2D eigenvalue weighted by molar-refractivity contribution is 6.02. The second-order valence-electron chi connectivity index (χ2n) is 5.34. The van der Waals surface area contributed by atoms with Gasteiger partial charge in [0, 0.05) is 17.9 Å². The maximum absolute atomic E-state index is 12.3. The van der Waals surface area contributed by atoms with Gasteiger partial charge in [-0.2, -0.15) is 0 Å². The van der Waals surface area contributed by atoms with E-state index in [4.69, 9.17) is 0 Å². The number of allylic oxidation sites excluding steroid dienone is 4. The Morgan fingerprint density at radius 2 is 1.85 bits per heavy atom. The van der Waals surface area contributed by atoms with Crippen LogP contribution in [0.4, 0.5) is 0 Å². The quantitative estimate of drug-likeness (QED) is 0.709. The normalized spacial score (nSPS) is 17.5. The van der Waals surface area contributed by atoms with E-state index in [1.807, 2.05) is 19.1 Å². The molecule has 2 aromatic carbocycles. The average molecular weight is 262 g/mol. The molecule has 0 bridgehead atoms. The van der Waals surface area contributed by atoms with Crippen LogP contribution in [-0.4, -0.2) is 5.78 Å². The molecule has 1 nitrogen and oxygen atoms in total. The van der Waals surface area contributed by atoms with Crippen LogP contribution in [0.2, 0.25) is 0 Å². The molecule has 0 heterocycles. The van der Waals surface area contributed by atoms with Crippen molar-refractivity contribution in [2.24, 2.45) is 0 Å². The molecular formula is C19H18O. The minimum Gasteiger partial charge on any atom is -0.294 e. The lowest BCUT2D eigenvalue weighted by molar-refractivity contribution is 0.0987. The molecule has 0 saturated heterocycles. The standard InChI is InChI=1S/C19H18O/c1-3-19(20)18-12-15-9-5-4-8-14(15)11-17(18)16-10-6-7-13(16)2/h4-12,16H,3H2,1-2H3. The van der Waals surface area contributed by atoms with Crippen LogP contribution in [0.5, 0.6) is 0 Å². The van der Waals surface area contributed by atoms with E-state index in [-0.39, 0.29) is 11.7 Å². The summed E-state index contributed by atoms with van der Waals surface area (Å²) in [5, 5.41) is 2.33. The van der Waals surface area contributed by atoms with Gasteiger partial charge in [-0.05, 0) is 35.4 Å². The van der Waals surface area contributed by atoms with E-state index in [0.29, 0.717) is 6.42 Å². The highest BCUT2D eigenvalue weighted by Crippen LogP contribution is 2.34. The molecule has 1 aliphatic carbocycles. The zero-order valence-corrected chi connectivity index (χ0v) is 11.9. The van der Waals surface area contributed by atoms with E-state index in [9.17, 15) is 4.79 Å². The third-order valence-electron chi connectivity index (χ3n) is 4.03. The Morgan fingerprint density at radius 1 is 1.15 bits per heavy atom. The molecule has 20 heavy (non-hydrogen) atoms. The molecule has 1 unspecified atom stereocenters. The van der Waals surface area contributed by atoms with Crippen LogP contribution in [0.3, 0.4) is 0 Å². The summed E-state index contributed by atoms with van der Waals surface area (Å²) >= 11 is 0. The first-order valence-corrected chi connectivity index (χ1v) is 7.11. The van der Waals surface area contributed by atoms with Crippen molar-refractivity contribution < 1.29 is 4.79 Å². The molecule has 0 radical (unpaired) electrons. The molecule has 3 rings (SSSR count). The molecule has 1 atom stereocenters. The molecular weight excluding hydrogens is 244 g/mol. The Kier molecular flexibility index (Phi) is 3.27. The van der Waals surface area contributed by atoms with Gasteiger partial charge in [0.15, 0.2) is 5.78 Å². The van der Waals surface area contributed by atoms with E-state index in [1.165, 1.54) is 11.0 Å². The number of Topliss-reactive ketones (excluding diaryl/α,β-unsaturated/α-hetero) is 1. The highest BCUT2D eigenvalue weighted by Gasteiger charge is 2.20. The number of benzene rings is 2. The van der Waals surface area contributed by atoms with Crippen molar-refractivity contribution in [2.75, 3.05) is 0 Å². The van der Waals surface area contributed by atoms with Crippen molar-refractivity contribution in [3.05, 3.63) is 71.3 Å². The molecule has 100 valence electrons. The van der Waals surface area contributed by atoms with Gasteiger partial charge in [-0.15, -0.1) is 0 Å². The third-order valence-corrected chi connectivity index (χ3v) is 4.03. The fourth-order valence-corrected chi connectivity index (χ4v) is 2.87. The molecule has 0 aromatic heterocycles.